The molecule has 180 valence electrons. The number of benzene rings is 2. The van der Waals surface area contributed by atoms with Crippen molar-refractivity contribution in [3.63, 3.8) is 0 Å². The molecule has 6 aromatic rings. The highest BCUT2D eigenvalue weighted by Gasteiger charge is 2.14. The molecular formula is C30H24N6O. The molecule has 1 amide bonds. The van der Waals surface area contributed by atoms with Crippen LogP contribution in [0.2, 0.25) is 0 Å². The average molecular weight is 485 g/mol. The summed E-state index contributed by atoms with van der Waals surface area (Å²) >= 11 is 0. The van der Waals surface area contributed by atoms with E-state index in [4.69, 9.17) is 0 Å². The van der Waals surface area contributed by atoms with Crippen LogP contribution in [-0.2, 0) is 4.79 Å². The van der Waals surface area contributed by atoms with E-state index in [1.807, 2.05) is 19.1 Å². The third kappa shape index (κ3) is 4.31. The Balaban J connectivity index is 1.46. The number of hydrogen-bond acceptors (Lipinski definition) is 5. The Hall–Kier alpha value is -4.91. The second-order valence-electron chi connectivity index (χ2n) is 9.00. The Kier molecular flexibility index (Phi) is 5.65. The summed E-state index contributed by atoms with van der Waals surface area (Å²) in [6, 6.07) is 20.9. The summed E-state index contributed by atoms with van der Waals surface area (Å²) < 4.78 is 0. The van der Waals surface area contributed by atoms with Crippen molar-refractivity contribution in [2.45, 2.75) is 20.3 Å². The number of aromatic amines is 1. The van der Waals surface area contributed by atoms with Gasteiger partial charge in [-0.2, -0.15) is 0 Å². The number of carbonyl (C=O) groups is 1. The van der Waals surface area contributed by atoms with Gasteiger partial charge in [-0.1, -0.05) is 48.9 Å². The molecule has 7 heteroatoms. The number of pyridine rings is 2. The van der Waals surface area contributed by atoms with E-state index in [1.165, 1.54) is 11.1 Å². The number of carbonyl (C=O) groups excluding carboxylic acids is 1. The first-order valence-electron chi connectivity index (χ1n) is 12.1. The molecule has 0 radical (unpaired) electrons. The molecule has 4 aromatic heterocycles. The largest absolute Gasteiger partial charge is 0.353 e. The van der Waals surface area contributed by atoms with Gasteiger partial charge < -0.3 is 10.3 Å². The number of aryl methyl sites for hydroxylation is 1. The van der Waals surface area contributed by atoms with Crippen molar-refractivity contribution in [3.8, 4) is 33.6 Å². The number of aromatic nitrogens is 5. The third-order valence-corrected chi connectivity index (χ3v) is 6.41. The van der Waals surface area contributed by atoms with Gasteiger partial charge >= 0.3 is 0 Å². The molecule has 37 heavy (non-hydrogen) atoms. The molecule has 0 bridgehead atoms. The molecule has 0 aliphatic carbocycles. The van der Waals surface area contributed by atoms with Crippen LogP contribution in [0.5, 0.6) is 0 Å². The molecule has 0 aliphatic heterocycles. The number of H-pyrrole nitrogens is 1. The average Bonchev–Trinajstić information content (AvgIpc) is 3.37. The molecule has 0 unspecified atom stereocenters. The van der Waals surface area contributed by atoms with Gasteiger partial charge in [0.2, 0.25) is 5.91 Å². The molecule has 0 spiro atoms. The fourth-order valence-electron chi connectivity index (χ4n) is 4.58. The number of nitrogens with zero attached hydrogens (tertiary/aromatic N) is 4. The van der Waals surface area contributed by atoms with E-state index < -0.39 is 0 Å². The van der Waals surface area contributed by atoms with Gasteiger partial charge in [-0.15, -0.1) is 0 Å². The predicted molar refractivity (Wildman–Crippen MR) is 147 cm³/mol. The lowest BCUT2D eigenvalue weighted by Crippen LogP contribution is -2.09. The zero-order valence-corrected chi connectivity index (χ0v) is 20.5. The fourth-order valence-corrected chi connectivity index (χ4v) is 4.58. The first-order valence-corrected chi connectivity index (χ1v) is 12.1. The maximum Gasteiger partial charge on any atom is 0.224 e. The fraction of sp³-hybridized carbons (Fsp3) is 0.100. The van der Waals surface area contributed by atoms with E-state index in [-0.39, 0.29) is 5.91 Å². The third-order valence-electron chi connectivity index (χ3n) is 6.41. The van der Waals surface area contributed by atoms with Crippen LogP contribution in [0.1, 0.15) is 18.9 Å². The van der Waals surface area contributed by atoms with E-state index in [2.05, 4.69) is 85.7 Å². The highest BCUT2D eigenvalue weighted by Crippen LogP contribution is 2.34. The van der Waals surface area contributed by atoms with Gasteiger partial charge in [0.15, 0.2) is 5.65 Å². The molecule has 7 nitrogen and oxygen atoms in total. The van der Waals surface area contributed by atoms with Crippen molar-refractivity contribution in [2.75, 3.05) is 5.32 Å². The maximum absolute atomic E-state index is 11.8. The van der Waals surface area contributed by atoms with Crippen LogP contribution < -0.4 is 5.32 Å². The Morgan fingerprint density at radius 1 is 0.865 bits per heavy atom. The van der Waals surface area contributed by atoms with Gasteiger partial charge in [0, 0.05) is 46.2 Å². The van der Waals surface area contributed by atoms with Gasteiger partial charge in [-0.05, 0) is 42.3 Å². The van der Waals surface area contributed by atoms with E-state index in [0.29, 0.717) is 17.8 Å². The molecule has 0 fully saturated rings. The van der Waals surface area contributed by atoms with Gasteiger partial charge in [0.05, 0.1) is 23.3 Å². The predicted octanol–water partition coefficient (Wildman–Crippen LogP) is 6.56. The van der Waals surface area contributed by atoms with Crippen LogP contribution in [0, 0.1) is 6.92 Å². The minimum Gasteiger partial charge on any atom is -0.353 e. The summed E-state index contributed by atoms with van der Waals surface area (Å²) in [4.78, 5) is 33.3. The zero-order valence-electron chi connectivity index (χ0n) is 20.5. The molecule has 4 heterocycles. The lowest BCUT2D eigenvalue weighted by Gasteiger charge is -2.08. The Labute approximate surface area is 213 Å². The molecule has 0 saturated heterocycles. The summed E-state index contributed by atoms with van der Waals surface area (Å²) in [5, 5.41) is 4.81. The first-order chi connectivity index (χ1) is 18.1. The number of anilines is 1. The van der Waals surface area contributed by atoms with Crippen molar-refractivity contribution >= 4 is 33.5 Å². The second kappa shape index (κ2) is 9.28. The Morgan fingerprint density at radius 2 is 1.73 bits per heavy atom. The van der Waals surface area contributed by atoms with Crippen molar-refractivity contribution in [1.29, 1.82) is 0 Å². The minimum atomic E-state index is -0.0601. The summed E-state index contributed by atoms with van der Waals surface area (Å²) in [5.74, 6) is -0.0601. The number of amides is 1. The molecular weight excluding hydrogens is 460 g/mol. The van der Waals surface area contributed by atoms with Gasteiger partial charge in [0.1, 0.15) is 6.33 Å². The smallest absolute Gasteiger partial charge is 0.224 e. The first kappa shape index (κ1) is 22.5. The van der Waals surface area contributed by atoms with Crippen LogP contribution >= 0.6 is 0 Å². The van der Waals surface area contributed by atoms with Crippen LogP contribution in [0.3, 0.4) is 0 Å². The number of hydrogen-bond donors (Lipinski definition) is 2. The van der Waals surface area contributed by atoms with E-state index >= 15 is 0 Å². The lowest BCUT2D eigenvalue weighted by molar-refractivity contribution is -0.115. The SMILES string of the molecule is CCC(=O)Nc1cncc(-c2cnc3ncnc(-c4cc5c(-c6cccc(C)c6)cccc5[nH]4)c3c2)c1. The van der Waals surface area contributed by atoms with Crippen LogP contribution in [0.4, 0.5) is 5.69 Å². The van der Waals surface area contributed by atoms with Gasteiger partial charge in [0.25, 0.3) is 0 Å². The lowest BCUT2D eigenvalue weighted by atomic mass is 10.00. The summed E-state index contributed by atoms with van der Waals surface area (Å²) in [5.41, 5.74) is 9.22. The monoisotopic (exact) mass is 484 g/mol. The van der Waals surface area contributed by atoms with Crippen molar-refractivity contribution < 1.29 is 4.79 Å². The number of nitrogens with one attached hydrogen (secondary N) is 2. The molecule has 2 aromatic carbocycles. The minimum absolute atomic E-state index is 0.0601. The van der Waals surface area contributed by atoms with Crippen molar-refractivity contribution in [2.24, 2.45) is 0 Å². The van der Waals surface area contributed by atoms with Gasteiger partial charge in [-0.3, -0.25) is 9.78 Å². The standard InChI is InChI=1S/C30H24N6O/c1-3-28(37)35-22-11-20(14-31-16-22)21-12-25-29(33-17-34-30(25)32-15-21)27-13-24-23(8-5-9-26(24)36-27)19-7-4-6-18(2)10-19/h4-17,36H,3H2,1-2H3,(H,35,37). The van der Waals surface area contributed by atoms with Crippen molar-refractivity contribution in [1.82, 2.24) is 24.9 Å². The topological polar surface area (TPSA) is 96.5 Å². The zero-order chi connectivity index (χ0) is 25.4. The Bertz CT molecular complexity index is 1790. The normalized spacial score (nSPS) is 11.2. The number of fused-ring (bicyclic) bond motifs is 2. The maximum atomic E-state index is 11.8. The van der Waals surface area contributed by atoms with Crippen LogP contribution in [0.15, 0.2) is 85.6 Å². The highest BCUT2D eigenvalue weighted by atomic mass is 16.1. The summed E-state index contributed by atoms with van der Waals surface area (Å²) in [6.07, 6.45) is 7.10. The Morgan fingerprint density at radius 3 is 2.59 bits per heavy atom. The van der Waals surface area contributed by atoms with Crippen molar-refractivity contribution in [3.05, 3.63) is 91.1 Å². The molecule has 2 N–H and O–H groups in total. The van der Waals surface area contributed by atoms with E-state index in [0.717, 1.165) is 44.4 Å². The molecule has 0 atom stereocenters. The van der Waals surface area contributed by atoms with Crippen LogP contribution in [0.25, 0.3) is 55.6 Å². The van der Waals surface area contributed by atoms with Crippen LogP contribution in [-0.4, -0.2) is 30.8 Å². The number of rotatable bonds is 5. The molecule has 6 rings (SSSR count). The molecule has 0 saturated carbocycles. The summed E-state index contributed by atoms with van der Waals surface area (Å²) in [6.45, 7) is 3.92. The van der Waals surface area contributed by atoms with E-state index in [9.17, 15) is 4.79 Å². The molecule has 0 aliphatic rings. The summed E-state index contributed by atoms with van der Waals surface area (Å²) in [7, 11) is 0. The quantitative estimate of drug-likeness (QED) is 0.289. The highest BCUT2D eigenvalue weighted by molar-refractivity contribution is 6.01. The van der Waals surface area contributed by atoms with Gasteiger partial charge in [-0.25, -0.2) is 15.0 Å². The van der Waals surface area contributed by atoms with E-state index in [1.54, 1.807) is 24.9 Å². The second-order valence-corrected chi connectivity index (χ2v) is 9.00.